The number of benzene rings is 4. The van der Waals surface area contributed by atoms with Crippen LogP contribution in [-0.2, 0) is 76.8 Å². The van der Waals surface area contributed by atoms with Gasteiger partial charge in [0, 0.05) is 50.8 Å². The van der Waals surface area contributed by atoms with E-state index < -0.39 is 151 Å². The standard InChI is InChI=1S/C63H82ClN15O14/c1-33(2)25-44(54(85)72-43(11-7-23-68-63(66)67)62(93)79-24-8-12-51(79)61(92)70-34(3)53(65)84)73-57(88)47(29-38-13-18-39-9-5-6-10-40(39)26-38)74-55(86)46(28-37-16-21-42(82)22-17-37)76-60(91)50(32-80)78-58(89)48-30-52(83)69-31-49(71-35(4)81)59(90)75-45(56(87)77-48)27-36-14-19-41(64)20-15-36/h5-6,9-10,13-22,26,33-34,43-51,80,82H,7-8,11-12,23-25,27-32H2,1-4H3,(H2,65,84)(H,69,83)(H,70,92)(H,71,81)(H,72,85)(H,73,88)(H,74,86)(H,75,90)(H,76,91)(H,77,87)(H,78,89)(H4,66,67,68)/t34-,43+,44+,45-,46+,47-,48-,49-,50+,51+/m1/s1. The molecule has 4 aromatic carbocycles. The Morgan fingerprint density at radius 2 is 1.28 bits per heavy atom. The summed E-state index contributed by atoms with van der Waals surface area (Å²) in [5.41, 5.74) is 18.0. The molecule has 0 spiro atoms. The summed E-state index contributed by atoms with van der Waals surface area (Å²) in [7, 11) is 0. The summed E-state index contributed by atoms with van der Waals surface area (Å²) in [5.74, 6) is -10.9. The molecule has 0 saturated carbocycles. The Bertz CT molecular complexity index is 3400. The maximum Gasteiger partial charge on any atom is 0.245 e. The molecular formula is C63H82ClN15O14. The first-order valence-electron chi connectivity index (χ1n) is 30.4. The molecule has 18 N–H and O–H groups in total. The molecule has 0 aliphatic carbocycles. The number of fused-ring (bicyclic) bond motifs is 1. The Labute approximate surface area is 541 Å². The highest BCUT2D eigenvalue weighted by atomic mass is 35.5. The third-order valence-electron chi connectivity index (χ3n) is 15.4. The fourth-order valence-electron chi connectivity index (χ4n) is 10.5. The molecule has 6 rings (SSSR count). The van der Waals surface area contributed by atoms with Crippen LogP contribution >= 0.6 is 11.6 Å². The van der Waals surface area contributed by atoms with E-state index in [-0.39, 0.29) is 75.7 Å². The molecule has 12 amide bonds. The van der Waals surface area contributed by atoms with E-state index in [9.17, 15) is 63.0 Å². The molecule has 0 unspecified atom stereocenters. The van der Waals surface area contributed by atoms with Crippen LogP contribution in [0.3, 0.4) is 0 Å². The normalized spacial score (nSPS) is 18.6. The van der Waals surface area contributed by atoms with Crippen molar-refractivity contribution in [2.24, 2.45) is 28.1 Å². The number of hydrogen-bond acceptors (Lipinski definition) is 15. The average Bonchev–Trinajstić information content (AvgIpc) is 1.85. The smallest absolute Gasteiger partial charge is 0.245 e. The Kier molecular flexibility index (Phi) is 26.8. The number of phenols is 1. The zero-order valence-corrected chi connectivity index (χ0v) is 52.8. The highest BCUT2D eigenvalue weighted by Crippen LogP contribution is 2.22. The van der Waals surface area contributed by atoms with Crippen LogP contribution in [0.1, 0.15) is 82.9 Å². The van der Waals surface area contributed by atoms with E-state index in [1.165, 1.54) is 36.1 Å². The molecule has 10 atom stereocenters. The number of nitrogens with zero attached hydrogens (tertiary/aromatic N) is 2. The fourth-order valence-corrected chi connectivity index (χ4v) is 10.7. The number of aromatic hydroxyl groups is 1. The summed E-state index contributed by atoms with van der Waals surface area (Å²) < 4.78 is 0. The van der Waals surface area contributed by atoms with Crippen molar-refractivity contribution in [1.29, 1.82) is 0 Å². The number of aliphatic imine (C=N–C) groups is 1. The van der Waals surface area contributed by atoms with Gasteiger partial charge in [0.2, 0.25) is 70.9 Å². The minimum Gasteiger partial charge on any atom is -0.508 e. The van der Waals surface area contributed by atoms with E-state index in [2.05, 4.69) is 58.2 Å². The fraction of sp³-hybridized carbons (Fsp3) is 0.444. The highest BCUT2D eigenvalue weighted by molar-refractivity contribution is 6.30. The van der Waals surface area contributed by atoms with Crippen molar-refractivity contribution in [1.82, 2.24) is 58.1 Å². The van der Waals surface area contributed by atoms with Crippen molar-refractivity contribution >= 4 is 99.2 Å². The van der Waals surface area contributed by atoms with Gasteiger partial charge in [0.1, 0.15) is 66.2 Å². The predicted molar refractivity (Wildman–Crippen MR) is 341 cm³/mol. The van der Waals surface area contributed by atoms with Crippen molar-refractivity contribution < 1.29 is 67.7 Å². The minimum atomic E-state index is -1.88. The van der Waals surface area contributed by atoms with Gasteiger partial charge in [0.25, 0.3) is 0 Å². The predicted octanol–water partition coefficient (Wildman–Crippen LogP) is -2.28. The Morgan fingerprint density at radius 1 is 0.688 bits per heavy atom. The van der Waals surface area contributed by atoms with Gasteiger partial charge in [-0.1, -0.05) is 92.2 Å². The van der Waals surface area contributed by atoms with Crippen molar-refractivity contribution in [2.45, 2.75) is 146 Å². The lowest BCUT2D eigenvalue weighted by atomic mass is 9.98. The number of aliphatic hydroxyl groups is 1. The zero-order valence-electron chi connectivity index (χ0n) is 52.0. The molecule has 0 aromatic heterocycles. The van der Waals surface area contributed by atoms with Gasteiger partial charge in [-0.3, -0.25) is 62.5 Å². The largest absolute Gasteiger partial charge is 0.508 e. The van der Waals surface area contributed by atoms with Crippen LogP contribution in [0.15, 0.2) is 96.0 Å². The van der Waals surface area contributed by atoms with E-state index in [1.807, 2.05) is 30.3 Å². The number of nitrogens with two attached hydrogens (primary N) is 3. The maximum absolute atomic E-state index is 15.0. The van der Waals surface area contributed by atoms with Gasteiger partial charge in [-0.05, 0) is 96.7 Å². The van der Waals surface area contributed by atoms with Crippen molar-refractivity contribution in [3.05, 3.63) is 113 Å². The van der Waals surface area contributed by atoms with Crippen LogP contribution in [0.2, 0.25) is 5.02 Å². The molecule has 0 bridgehead atoms. The molecule has 2 heterocycles. The molecule has 2 aliphatic rings. The number of carbonyl (C=O) groups is 12. The quantitative estimate of drug-likeness (QED) is 0.0162. The molecule has 2 aliphatic heterocycles. The van der Waals surface area contributed by atoms with Crippen LogP contribution < -0.4 is 70.4 Å². The minimum absolute atomic E-state index is 0.00547. The Hall–Kier alpha value is -9.90. The summed E-state index contributed by atoms with van der Waals surface area (Å²) in [5, 5.41) is 48.5. The van der Waals surface area contributed by atoms with Crippen molar-refractivity contribution in [3.8, 4) is 5.75 Å². The van der Waals surface area contributed by atoms with Crippen molar-refractivity contribution in [2.75, 3.05) is 26.2 Å². The third-order valence-corrected chi connectivity index (χ3v) is 15.7. The average molecular weight is 1310 g/mol. The van der Waals surface area contributed by atoms with Crippen molar-refractivity contribution in [3.63, 3.8) is 0 Å². The van der Waals surface area contributed by atoms with Crippen LogP contribution in [-0.4, -0.2) is 179 Å². The van der Waals surface area contributed by atoms with Crippen LogP contribution in [0.5, 0.6) is 5.75 Å². The molecule has 500 valence electrons. The lowest BCUT2D eigenvalue weighted by Gasteiger charge is -2.31. The van der Waals surface area contributed by atoms with E-state index in [4.69, 9.17) is 28.8 Å². The lowest BCUT2D eigenvalue weighted by molar-refractivity contribution is -0.142. The molecule has 0 radical (unpaired) electrons. The number of hydrogen-bond donors (Lipinski definition) is 15. The first-order chi connectivity index (χ1) is 44.2. The van der Waals surface area contributed by atoms with Crippen LogP contribution in [0.25, 0.3) is 10.8 Å². The SMILES string of the molecule is CC(=O)N[C@@H]1CNC(=O)C[C@H](C(=O)N[C@@H](CO)C(=O)N[C@@H](Cc2ccc(O)cc2)C(=O)N[C@H](Cc2ccc3ccccc3c2)C(=O)N[C@@H](CC(C)C)C(=O)N[C@@H](CCCN=C(N)N)C(=O)N2CCC[C@H]2C(=O)N[C@H](C)C(N)=O)NC(=O)[C@@H](Cc2ccc(Cl)cc2)NC1=O. The zero-order chi connectivity index (χ0) is 68.1. The summed E-state index contributed by atoms with van der Waals surface area (Å²) in [6, 6.07) is 10.3. The summed E-state index contributed by atoms with van der Waals surface area (Å²) in [6.07, 6.45) is -0.616. The van der Waals surface area contributed by atoms with E-state index >= 15 is 4.79 Å². The Morgan fingerprint density at radius 3 is 1.90 bits per heavy atom. The van der Waals surface area contributed by atoms with Crippen LogP contribution in [0, 0.1) is 5.92 Å². The van der Waals surface area contributed by atoms with E-state index in [1.54, 1.807) is 50.2 Å². The molecular weight excluding hydrogens is 1230 g/mol. The molecule has 29 nitrogen and oxygen atoms in total. The molecule has 2 saturated heterocycles. The van der Waals surface area contributed by atoms with Gasteiger partial charge in [0.05, 0.1) is 13.0 Å². The highest BCUT2D eigenvalue weighted by Gasteiger charge is 2.40. The van der Waals surface area contributed by atoms with E-state index in [0.29, 0.717) is 28.1 Å². The Balaban J connectivity index is 1.28. The van der Waals surface area contributed by atoms with Gasteiger partial charge in [0.15, 0.2) is 5.96 Å². The first kappa shape index (κ1) is 72.2. The summed E-state index contributed by atoms with van der Waals surface area (Å²) >= 11 is 6.09. The number of primary amides is 1. The van der Waals surface area contributed by atoms with Crippen LogP contribution in [0.4, 0.5) is 0 Å². The van der Waals surface area contributed by atoms with Gasteiger partial charge >= 0.3 is 0 Å². The number of carbonyl (C=O) groups excluding carboxylic acids is 12. The monoisotopic (exact) mass is 1310 g/mol. The van der Waals surface area contributed by atoms with E-state index in [0.717, 1.165) is 17.7 Å². The summed E-state index contributed by atoms with van der Waals surface area (Å²) in [4.78, 5) is 171. The lowest BCUT2D eigenvalue weighted by Crippen LogP contribution is -2.61. The third kappa shape index (κ3) is 22.2. The number of likely N-dealkylation sites (tertiary alicyclic amines) is 1. The van der Waals surface area contributed by atoms with Gasteiger partial charge in [-0.25, -0.2) is 0 Å². The summed E-state index contributed by atoms with van der Waals surface area (Å²) in [6.45, 7) is 4.76. The number of aliphatic hydroxyl groups excluding tert-OH is 1. The second-order valence-electron chi connectivity index (χ2n) is 23.4. The second kappa shape index (κ2) is 34.5. The number of guanidine groups is 1. The molecule has 93 heavy (non-hydrogen) atoms. The topological polar surface area (TPSA) is 459 Å². The second-order valence-corrected chi connectivity index (χ2v) is 23.8. The first-order valence-corrected chi connectivity index (χ1v) is 30.8. The van der Waals surface area contributed by atoms with Gasteiger partial charge in [-0.15, -0.1) is 0 Å². The number of halogens is 1. The number of rotatable bonds is 28. The number of phenolic OH excluding ortho intramolecular Hbond substituents is 1. The number of amides is 12. The van der Waals surface area contributed by atoms with Gasteiger partial charge in [-0.2, -0.15) is 0 Å². The number of nitrogens with one attached hydrogen (secondary N) is 10. The molecule has 4 aromatic rings. The molecule has 2 fully saturated rings. The van der Waals surface area contributed by atoms with Gasteiger partial charge < -0.3 is 85.5 Å². The maximum atomic E-state index is 15.0. The molecule has 30 heteroatoms.